The van der Waals surface area contributed by atoms with Gasteiger partial charge in [-0.1, -0.05) is 70.7 Å². The van der Waals surface area contributed by atoms with Crippen molar-refractivity contribution in [2.45, 2.75) is 64.2 Å². The van der Waals surface area contributed by atoms with E-state index in [1.165, 1.54) is 0 Å². The molecule has 0 unspecified atom stereocenters. The molecule has 0 amide bonds. The fourth-order valence-electron chi connectivity index (χ4n) is 2.96. The summed E-state index contributed by atoms with van der Waals surface area (Å²) in [6.07, 6.45) is 5.44. The van der Waals surface area contributed by atoms with Crippen LogP contribution in [-0.2, 0) is 0 Å². The van der Waals surface area contributed by atoms with Crippen molar-refractivity contribution in [1.82, 2.24) is 0 Å². The highest BCUT2D eigenvalue weighted by atomic mass is 35.6. The standard InChI is InChI=1S/C16H28Cl2O2Si2.C12H14O2.C2H7ClSi/c1-21(2,17)13-5-11-19-15-7-9-16(10-8-15)20-12-6-14-22(3,4)18;1-3-8-13-11-6-5-7-12(10-11)14-9-4-2;1-4(2)3/h7-10H,5-6,11-14H2,1-4H3;3-7,10H,1-2,8-9H2;4H,1-2H3. The first-order valence-electron chi connectivity index (χ1n) is 13.7. The minimum atomic E-state index is -1.47. The molecule has 40 heavy (non-hydrogen) atoms. The highest BCUT2D eigenvalue weighted by molar-refractivity contribution is 7.19. The SMILES string of the molecule is C=CCOc1cccc(OCC=C)c1.C[SiH](C)Cl.C[Si](C)(Cl)CCCOc1ccc(OCCC[Si](C)(C)Cl)cc1. The van der Waals surface area contributed by atoms with Gasteiger partial charge in [-0.2, -0.15) is 33.2 Å². The second-order valence-corrected chi connectivity index (χ2v) is 29.2. The van der Waals surface area contributed by atoms with Gasteiger partial charge in [0, 0.05) is 6.07 Å². The fourth-order valence-corrected chi connectivity index (χ4v) is 5.73. The monoisotopic (exact) mass is 662 g/mol. The molecule has 0 radical (unpaired) electrons. The van der Waals surface area contributed by atoms with Gasteiger partial charge in [0.15, 0.2) is 14.8 Å². The molecule has 4 nitrogen and oxygen atoms in total. The first kappa shape index (κ1) is 38.6. The smallest absolute Gasteiger partial charge is 0.150 e. The quantitative estimate of drug-likeness (QED) is 0.0775. The molecular formula is C30H49Cl3O4Si3. The molecule has 0 heterocycles. The average molecular weight is 664 g/mol. The maximum absolute atomic E-state index is 6.29. The van der Waals surface area contributed by atoms with E-state index in [1.807, 2.05) is 48.5 Å². The number of rotatable bonds is 16. The van der Waals surface area contributed by atoms with E-state index in [1.54, 1.807) is 12.2 Å². The van der Waals surface area contributed by atoms with Crippen molar-refractivity contribution < 1.29 is 18.9 Å². The van der Waals surface area contributed by atoms with E-state index in [2.05, 4.69) is 52.4 Å². The van der Waals surface area contributed by atoms with E-state index in [-0.39, 0.29) is 0 Å². The first-order valence-corrected chi connectivity index (χ1v) is 26.2. The Balaban J connectivity index is 0.000000719. The summed E-state index contributed by atoms with van der Waals surface area (Å²) >= 11 is 18.0. The number of hydrogen-bond donors (Lipinski definition) is 0. The minimum absolute atomic E-state index is 0.505. The van der Waals surface area contributed by atoms with Gasteiger partial charge in [0.05, 0.1) is 13.2 Å². The lowest BCUT2D eigenvalue weighted by molar-refractivity contribution is 0.308. The molecule has 0 bridgehead atoms. The summed E-state index contributed by atoms with van der Waals surface area (Å²) in [6, 6.07) is 17.5. The molecule has 0 aromatic heterocycles. The molecular weight excluding hydrogens is 615 g/mol. The normalized spacial score (nSPS) is 10.8. The van der Waals surface area contributed by atoms with Crippen molar-refractivity contribution in [3.05, 3.63) is 73.8 Å². The van der Waals surface area contributed by atoms with Gasteiger partial charge in [-0.05, 0) is 61.3 Å². The van der Waals surface area contributed by atoms with Gasteiger partial charge in [-0.25, -0.2) is 0 Å². The van der Waals surface area contributed by atoms with Crippen LogP contribution >= 0.6 is 33.2 Å². The summed E-state index contributed by atoms with van der Waals surface area (Å²) in [5.41, 5.74) is 0. The lowest BCUT2D eigenvalue weighted by Gasteiger charge is -2.14. The lowest BCUT2D eigenvalue weighted by atomic mass is 10.3. The Morgan fingerprint density at radius 2 is 1.02 bits per heavy atom. The van der Waals surface area contributed by atoms with Crippen LogP contribution in [0.5, 0.6) is 23.0 Å². The molecule has 0 aliphatic carbocycles. The van der Waals surface area contributed by atoms with E-state index in [0.29, 0.717) is 13.2 Å². The molecule has 0 spiro atoms. The van der Waals surface area contributed by atoms with Crippen LogP contribution in [-0.4, -0.2) is 49.3 Å². The van der Waals surface area contributed by atoms with Crippen molar-refractivity contribution >= 4 is 56.1 Å². The molecule has 0 atom stereocenters. The van der Waals surface area contributed by atoms with Crippen LogP contribution in [0.3, 0.4) is 0 Å². The van der Waals surface area contributed by atoms with E-state index in [0.717, 1.165) is 61.1 Å². The molecule has 2 aromatic carbocycles. The topological polar surface area (TPSA) is 36.9 Å². The van der Waals surface area contributed by atoms with Crippen LogP contribution in [0.4, 0.5) is 0 Å². The fraction of sp³-hybridized carbons (Fsp3) is 0.467. The van der Waals surface area contributed by atoms with E-state index in [9.17, 15) is 0 Å². The van der Waals surface area contributed by atoms with Crippen molar-refractivity contribution in [3.63, 3.8) is 0 Å². The zero-order valence-corrected chi connectivity index (χ0v) is 30.6. The Morgan fingerprint density at radius 3 is 1.32 bits per heavy atom. The summed E-state index contributed by atoms with van der Waals surface area (Å²) in [4.78, 5) is 0. The zero-order valence-electron chi connectivity index (χ0n) is 25.2. The summed E-state index contributed by atoms with van der Waals surface area (Å²) in [5, 5.41) is 0. The maximum atomic E-state index is 6.29. The third kappa shape index (κ3) is 25.6. The largest absolute Gasteiger partial charge is 0.494 e. The first-order chi connectivity index (χ1) is 18.8. The number of benzene rings is 2. The average Bonchev–Trinajstić information content (AvgIpc) is 2.87. The third-order valence-corrected chi connectivity index (χ3v) is 8.95. The highest BCUT2D eigenvalue weighted by Crippen LogP contribution is 2.22. The molecule has 0 aliphatic heterocycles. The Kier molecular flexibility index (Phi) is 21.5. The molecule has 226 valence electrons. The Morgan fingerprint density at radius 1 is 0.675 bits per heavy atom. The summed E-state index contributed by atoms with van der Waals surface area (Å²) < 4.78 is 22.1. The number of ether oxygens (including phenoxy) is 4. The van der Waals surface area contributed by atoms with Crippen molar-refractivity contribution in [2.75, 3.05) is 26.4 Å². The van der Waals surface area contributed by atoms with Gasteiger partial charge >= 0.3 is 0 Å². The van der Waals surface area contributed by atoms with Crippen LogP contribution in [0.1, 0.15) is 12.8 Å². The Labute approximate surface area is 261 Å². The van der Waals surface area contributed by atoms with E-state index < -0.39 is 22.9 Å². The second-order valence-electron chi connectivity index (χ2n) is 10.5. The van der Waals surface area contributed by atoms with Gasteiger partial charge < -0.3 is 18.9 Å². The molecule has 2 rings (SSSR count). The van der Waals surface area contributed by atoms with Gasteiger partial charge in [-0.3, -0.25) is 0 Å². The van der Waals surface area contributed by atoms with E-state index in [4.69, 9.17) is 52.2 Å². The van der Waals surface area contributed by atoms with Gasteiger partial charge in [0.25, 0.3) is 0 Å². The minimum Gasteiger partial charge on any atom is -0.494 e. The summed E-state index contributed by atoms with van der Waals surface area (Å²) in [5.74, 6) is 3.34. The van der Waals surface area contributed by atoms with Crippen LogP contribution in [0.15, 0.2) is 73.8 Å². The second kappa shape index (κ2) is 22.3. The van der Waals surface area contributed by atoms with Crippen LogP contribution < -0.4 is 18.9 Å². The van der Waals surface area contributed by atoms with Gasteiger partial charge in [0.1, 0.15) is 44.3 Å². The predicted octanol–water partition coefficient (Wildman–Crippen LogP) is 10.1. The van der Waals surface area contributed by atoms with Gasteiger partial charge in [-0.15, -0.1) is 0 Å². The maximum Gasteiger partial charge on any atom is 0.150 e. The van der Waals surface area contributed by atoms with Crippen molar-refractivity contribution in [1.29, 1.82) is 0 Å². The van der Waals surface area contributed by atoms with E-state index >= 15 is 0 Å². The van der Waals surface area contributed by atoms with Crippen molar-refractivity contribution in [3.8, 4) is 23.0 Å². The molecule has 0 saturated carbocycles. The molecule has 0 N–H and O–H groups in total. The lowest BCUT2D eigenvalue weighted by Crippen LogP contribution is -2.17. The van der Waals surface area contributed by atoms with Gasteiger partial charge in [0.2, 0.25) is 0 Å². The van der Waals surface area contributed by atoms with Crippen molar-refractivity contribution in [2.24, 2.45) is 0 Å². The number of halogens is 3. The Hall–Kier alpha value is -1.36. The number of hydrogen-bond acceptors (Lipinski definition) is 4. The molecule has 10 heteroatoms. The van der Waals surface area contributed by atoms with Crippen LogP contribution in [0, 0.1) is 0 Å². The highest BCUT2D eigenvalue weighted by Gasteiger charge is 2.16. The molecule has 2 aromatic rings. The molecule has 0 aliphatic rings. The predicted molar refractivity (Wildman–Crippen MR) is 186 cm³/mol. The molecule has 0 fully saturated rings. The van der Waals surface area contributed by atoms with Crippen LogP contribution in [0.25, 0.3) is 0 Å². The summed E-state index contributed by atoms with van der Waals surface area (Å²) in [6.45, 7) is 22.4. The summed E-state index contributed by atoms with van der Waals surface area (Å²) in [7, 11) is -3.61. The molecule has 0 saturated heterocycles. The Bertz CT molecular complexity index is 860. The zero-order chi connectivity index (χ0) is 30.4. The third-order valence-electron chi connectivity index (χ3n) is 4.73. The van der Waals surface area contributed by atoms with Crippen LogP contribution in [0.2, 0.25) is 51.4 Å².